The number of esters is 1. The number of carbonyl (C=O) groups excluding carboxylic acids is 2. The van der Waals surface area contributed by atoms with Gasteiger partial charge in [0.2, 0.25) is 5.91 Å². The Hall–Kier alpha value is -1.98. The molecular formula is C12H13F2NO3. The smallest absolute Gasteiger partial charge is 0.338 e. The summed E-state index contributed by atoms with van der Waals surface area (Å²) in [5, 5.41) is 2.12. The highest BCUT2D eigenvalue weighted by molar-refractivity contribution is 5.94. The zero-order chi connectivity index (χ0) is 13.9. The number of halogens is 2. The summed E-state index contributed by atoms with van der Waals surface area (Å²) in [6, 6.07) is 1.62. The van der Waals surface area contributed by atoms with Gasteiger partial charge in [-0.1, -0.05) is 13.8 Å². The van der Waals surface area contributed by atoms with Crippen LogP contribution >= 0.6 is 0 Å². The zero-order valence-corrected chi connectivity index (χ0v) is 10.2. The van der Waals surface area contributed by atoms with E-state index in [9.17, 15) is 18.4 Å². The van der Waals surface area contributed by atoms with E-state index in [0.29, 0.717) is 0 Å². The van der Waals surface area contributed by atoms with E-state index in [4.69, 9.17) is 0 Å². The number of rotatable bonds is 3. The van der Waals surface area contributed by atoms with Crippen LogP contribution in [0.15, 0.2) is 12.1 Å². The van der Waals surface area contributed by atoms with E-state index in [2.05, 4.69) is 10.1 Å². The number of anilines is 1. The molecule has 0 heterocycles. The van der Waals surface area contributed by atoms with Crippen molar-refractivity contribution in [2.75, 3.05) is 12.4 Å². The molecule has 0 spiro atoms. The number of ether oxygens (including phenoxy) is 1. The predicted octanol–water partition coefficient (Wildman–Crippen LogP) is 2.35. The number of amides is 1. The number of benzene rings is 1. The molecule has 0 aliphatic carbocycles. The largest absolute Gasteiger partial charge is 0.465 e. The summed E-state index contributed by atoms with van der Waals surface area (Å²) in [7, 11) is 1.10. The number of nitrogens with one attached hydrogen (secondary N) is 1. The molecule has 0 saturated heterocycles. The standard InChI is InChI=1S/C12H13F2NO3/c1-6(2)11(16)15-10-8(13)4-7(5-9(10)14)12(17)18-3/h4-6H,1-3H3,(H,15,16). The number of hydrogen-bond acceptors (Lipinski definition) is 3. The van der Waals surface area contributed by atoms with E-state index in [1.165, 1.54) is 0 Å². The van der Waals surface area contributed by atoms with Gasteiger partial charge in [0, 0.05) is 5.92 Å². The highest BCUT2D eigenvalue weighted by Gasteiger charge is 2.18. The summed E-state index contributed by atoms with van der Waals surface area (Å²) in [5.41, 5.74) is -0.823. The molecule has 98 valence electrons. The highest BCUT2D eigenvalue weighted by Crippen LogP contribution is 2.21. The molecule has 6 heteroatoms. The van der Waals surface area contributed by atoms with Crippen LogP contribution in [0.5, 0.6) is 0 Å². The van der Waals surface area contributed by atoms with Gasteiger partial charge in [-0.05, 0) is 12.1 Å². The molecule has 0 radical (unpaired) electrons. The van der Waals surface area contributed by atoms with Gasteiger partial charge in [0.15, 0.2) is 11.6 Å². The Morgan fingerprint density at radius 2 is 1.72 bits per heavy atom. The van der Waals surface area contributed by atoms with Gasteiger partial charge in [0.25, 0.3) is 0 Å². The van der Waals surface area contributed by atoms with E-state index < -0.39 is 35.1 Å². The molecule has 0 aliphatic rings. The van der Waals surface area contributed by atoms with Crippen LogP contribution in [0.4, 0.5) is 14.5 Å². The molecule has 0 aliphatic heterocycles. The lowest BCUT2D eigenvalue weighted by molar-refractivity contribution is -0.118. The molecule has 0 fully saturated rings. The molecule has 1 aromatic carbocycles. The summed E-state index contributed by atoms with van der Waals surface area (Å²) in [6.45, 7) is 3.18. The molecular weight excluding hydrogens is 244 g/mol. The first kappa shape index (κ1) is 14.1. The maximum Gasteiger partial charge on any atom is 0.338 e. The Balaban J connectivity index is 3.09. The summed E-state index contributed by atoms with van der Waals surface area (Å²) < 4.78 is 31.5. The maximum absolute atomic E-state index is 13.6. The Labute approximate surface area is 103 Å². The van der Waals surface area contributed by atoms with Crippen molar-refractivity contribution in [3.63, 3.8) is 0 Å². The molecule has 0 saturated carbocycles. The van der Waals surface area contributed by atoms with Gasteiger partial charge >= 0.3 is 5.97 Å². The maximum atomic E-state index is 13.6. The van der Waals surface area contributed by atoms with Crippen LogP contribution in [-0.2, 0) is 9.53 Å². The first-order valence-electron chi connectivity index (χ1n) is 5.25. The summed E-state index contributed by atoms with van der Waals surface area (Å²) in [6.07, 6.45) is 0. The molecule has 0 atom stereocenters. The molecule has 1 N–H and O–H groups in total. The fourth-order valence-corrected chi connectivity index (χ4v) is 1.20. The highest BCUT2D eigenvalue weighted by atomic mass is 19.1. The fraction of sp³-hybridized carbons (Fsp3) is 0.333. The first-order valence-corrected chi connectivity index (χ1v) is 5.25. The minimum Gasteiger partial charge on any atom is -0.465 e. The number of carbonyl (C=O) groups is 2. The van der Waals surface area contributed by atoms with Gasteiger partial charge in [-0.3, -0.25) is 4.79 Å². The average molecular weight is 257 g/mol. The second-order valence-corrected chi connectivity index (χ2v) is 3.95. The molecule has 4 nitrogen and oxygen atoms in total. The molecule has 18 heavy (non-hydrogen) atoms. The van der Waals surface area contributed by atoms with Crippen molar-refractivity contribution in [1.82, 2.24) is 0 Å². The molecule has 0 bridgehead atoms. The van der Waals surface area contributed by atoms with Crippen LogP contribution in [0.3, 0.4) is 0 Å². The summed E-state index contributed by atoms with van der Waals surface area (Å²) in [5.74, 6) is -3.83. The van der Waals surface area contributed by atoms with Gasteiger partial charge in [0.1, 0.15) is 5.69 Å². The van der Waals surface area contributed by atoms with Crippen LogP contribution in [-0.4, -0.2) is 19.0 Å². The average Bonchev–Trinajstić information content (AvgIpc) is 2.31. The third-order valence-electron chi connectivity index (χ3n) is 2.24. The van der Waals surface area contributed by atoms with Crippen molar-refractivity contribution in [1.29, 1.82) is 0 Å². The van der Waals surface area contributed by atoms with Crippen LogP contribution in [0.25, 0.3) is 0 Å². The second-order valence-electron chi connectivity index (χ2n) is 3.95. The van der Waals surface area contributed by atoms with E-state index in [0.717, 1.165) is 19.2 Å². The summed E-state index contributed by atoms with van der Waals surface area (Å²) in [4.78, 5) is 22.5. The van der Waals surface area contributed by atoms with Gasteiger partial charge < -0.3 is 10.1 Å². The van der Waals surface area contributed by atoms with Crippen molar-refractivity contribution in [3.05, 3.63) is 29.3 Å². The zero-order valence-electron chi connectivity index (χ0n) is 10.2. The van der Waals surface area contributed by atoms with Gasteiger partial charge in [0.05, 0.1) is 12.7 Å². The van der Waals surface area contributed by atoms with Gasteiger partial charge in [-0.25, -0.2) is 13.6 Å². The van der Waals surface area contributed by atoms with Crippen molar-refractivity contribution in [2.45, 2.75) is 13.8 Å². The molecule has 0 unspecified atom stereocenters. The Morgan fingerprint density at radius 1 is 1.22 bits per heavy atom. The molecule has 0 aromatic heterocycles. The topological polar surface area (TPSA) is 55.4 Å². The Morgan fingerprint density at radius 3 is 2.11 bits per heavy atom. The van der Waals surface area contributed by atoms with Crippen LogP contribution in [0, 0.1) is 17.6 Å². The predicted molar refractivity (Wildman–Crippen MR) is 61.2 cm³/mol. The number of methoxy groups -OCH3 is 1. The van der Waals surface area contributed by atoms with E-state index in [-0.39, 0.29) is 5.56 Å². The lowest BCUT2D eigenvalue weighted by Crippen LogP contribution is -2.20. The minimum absolute atomic E-state index is 0.255. The monoisotopic (exact) mass is 257 g/mol. The lowest BCUT2D eigenvalue weighted by Gasteiger charge is -2.10. The Kier molecular flexibility index (Phi) is 4.36. The van der Waals surface area contributed by atoms with Crippen molar-refractivity contribution in [2.24, 2.45) is 5.92 Å². The van der Waals surface area contributed by atoms with E-state index in [1.54, 1.807) is 13.8 Å². The lowest BCUT2D eigenvalue weighted by atomic mass is 10.1. The molecule has 1 rings (SSSR count). The minimum atomic E-state index is -1.02. The quantitative estimate of drug-likeness (QED) is 0.845. The van der Waals surface area contributed by atoms with Gasteiger partial charge in [-0.2, -0.15) is 0 Å². The third kappa shape index (κ3) is 3.03. The fourth-order valence-electron chi connectivity index (χ4n) is 1.20. The SMILES string of the molecule is COC(=O)c1cc(F)c(NC(=O)C(C)C)c(F)c1. The third-order valence-corrected chi connectivity index (χ3v) is 2.24. The van der Waals surface area contributed by atoms with Crippen molar-refractivity contribution in [3.8, 4) is 0 Å². The van der Waals surface area contributed by atoms with E-state index in [1.807, 2.05) is 0 Å². The first-order chi connectivity index (χ1) is 8.36. The van der Waals surface area contributed by atoms with Crippen molar-refractivity contribution >= 4 is 17.6 Å². The normalized spacial score (nSPS) is 10.3. The van der Waals surface area contributed by atoms with Crippen molar-refractivity contribution < 1.29 is 23.1 Å². The Bertz CT molecular complexity index is 463. The van der Waals surface area contributed by atoms with Crippen LogP contribution in [0.1, 0.15) is 24.2 Å². The van der Waals surface area contributed by atoms with E-state index >= 15 is 0 Å². The van der Waals surface area contributed by atoms with Crippen LogP contribution < -0.4 is 5.32 Å². The van der Waals surface area contributed by atoms with Gasteiger partial charge in [-0.15, -0.1) is 0 Å². The second kappa shape index (κ2) is 5.57. The van der Waals surface area contributed by atoms with Crippen LogP contribution in [0.2, 0.25) is 0 Å². The summed E-state index contributed by atoms with van der Waals surface area (Å²) >= 11 is 0. The molecule has 1 aromatic rings. The molecule has 1 amide bonds. The number of hydrogen-bond donors (Lipinski definition) is 1.